The first kappa shape index (κ1) is 23.7. The van der Waals surface area contributed by atoms with E-state index in [0.29, 0.717) is 12.4 Å². The molecule has 3 aromatic rings. The van der Waals surface area contributed by atoms with Crippen LogP contribution in [0.5, 0.6) is 11.5 Å². The predicted octanol–water partition coefficient (Wildman–Crippen LogP) is 4.55. The maximum atomic E-state index is 15.8. The lowest BCUT2D eigenvalue weighted by molar-refractivity contribution is -0.126. The van der Waals surface area contributed by atoms with Crippen molar-refractivity contribution in [2.45, 2.75) is 25.9 Å². The quantitative estimate of drug-likeness (QED) is 0.531. The molecule has 2 aromatic carbocycles. The lowest BCUT2D eigenvalue weighted by Gasteiger charge is -2.34. The van der Waals surface area contributed by atoms with Crippen LogP contribution in [0.1, 0.15) is 13.8 Å². The van der Waals surface area contributed by atoms with Gasteiger partial charge in [0.25, 0.3) is 0 Å². The van der Waals surface area contributed by atoms with Crippen molar-refractivity contribution in [1.29, 1.82) is 0 Å². The topological polar surface area (TPSA) is 78.8 Å². The molecule has 0 unspecified atom stereocenters. The van der Waals surface area contributed by atoms with Crippen LogP contribution in [-0.2, 0) is 4.79 Å². The summed E-state index contributed by atoms with van der Waals surface area (Å²) in [5, 5.41) is 10.3. The number of aromatic nitrogens is 2. The van der Waals surface area contributed by atoms with E-state index < -0.39 is 17.4 Å². The third-order valence-electron chi connectivity index (χ3n) is 6.06. The second kappa shape index (κ2) is 9.06. The molecule has 178 valence electrons. The maximum Gasteiger partial charge on any atom is 0.245 e. The van der Waals surface area contributed by atoms with Crippen LogP contribution in [-0.4, -0.2) is 58.2 Å². The van der Waals surface area contributed by atoms with Gasteiger partial charge in [-0.1, -0.05) is 24.2 Å². The molecule has 34 heavy (non-hydrogen) atoms. The van der Waals surface area contributed by atoms with E-state index in [1.807, 2.05) is 18.7 Å². The Morgan fingerprint density at radius 2 is 2.15 bits per heavy atom. The molecule has 0 radical (unpaired) electrons. The molecule has 0 fully saturated rings. The number of nitrogens with zero attached hydrogens (tertiary/aromatic N) is 4. The van der Waals surface area contributed by atoms with Crippen LogP contribution < -0.4 is 9.64 Å². The van der Waals surface area contributed by atoms with Gasteiger partial charge in [0.1, 0.15) is 35.8 Å². The molecular weight excluding hydrogens is 466 g/mol. The van der Waals surface area contributed by atoms with E-state index in [2.05, 4.69) is 16.5 Å². The van der Waals surface area contributed by atoms with Gasteiger partial charge in [0, 0.05) is 25.2 Å². The molecule has 2 heterocycles. The smallest absolute Gasteiger partial charge is 0.245 e. The second-order valence-electron chi connectivity index (χ2n) is 8.20. The Hall–Kier alpha value is -3.46. The minimum atomic E-state index is -0.905. The van der Waals surface area contributed by atoms with Crippen LogP contribution in [0, 0.1) is 11.6 Å². The molecule has 1 aliphatic rings. The Balaban J connectivity index is 1.93. The third kappa shape index (κ3) is 3.79. The van der Waals surface area contributed by atoms with Gasteiger partial charge in [-0.05, 0) is 32.1 Å². The average molecular weight is 489 g/mol. The number of ether oxygens (including phenoxy) is 1. The summed E-state index contributed by atoms with van der Waals surface area (Å²) in [5.74, 6) is -1.96. The van der Waals surface area contributed by atoms with Crippen molar-refractivity contribution >= 4 is 34.2 Å². The van der Waals surface area contributed by atoms with Crippen LogP contribution >= 0.6 is 11.6 Å². The molecule has 1 amide bonds. The Morgan fingerprint density at radius 3 is 2.82 bits per heavy atom. The number of hydrogen-bond donors (Lipinski definition) is 1. The van der Waals surface area contributed by atoms with E-state index in [1.165, 1.54) is 24.5 Å². The summed E-state index contributed by atoms with van der Waals surface area (Å²) in [6.45, 7) is 7.81. The molecule has 10 heteroatoms. The number of likely N-dealkylation sites (N-methyl/N-ethyl adjacent to an activating group) is 1. The van der Waals surface area contributed by atoms with Crippen molar-refractivity contribution in [3.63, 3.8) is 0 Å². The van der Waals surface area contributed by atoms with Crippen LogP contribution in [0.15, 0.2) is 37.2 Å². The molecule has 1 aromatic heterocycles. The first-order valence-corrected chi connectivity index (χ1v) is 11.0. The van der Waals surface area contributed by atoms with Gasteiger partial charge in [0.15, 0.2) is 11.6 Å². The molecular formula is C24H23ClF2N4O3. The molecule has 4 rings (SSSR count). The van der Waals surface area contributed by atoms with E-state index in [9.17, 15) is 14.3 Å². The number of rotatable bonds is 5. The van der Waals surface area contributed by atoms with Gasteiger partial charge in [-0.25, -0.2) is 18.7 Å². The summed E-state index contributed by atoms with van der Waals surface area (Å²) >= 11 is 6.58. The fraction of sp³-hybridized carbons (Fsp3) is 0.292. The lowest BCUT2D eigenvalue weighted by Crippen LogP contribution is -2.47. The first-order chi connectivity index (χ1) is 16.2. The number of benzene rings is 2. The first-order valence-electron chi connectivity index (χ1n) is 10.6. The fourth-order valence-electron chi connectivity index (χ4n) is 4.06. The van der Waals surface area contributed by atoms with E-state index in [1.54, 1.807) is 11.9 Å². The Kier molecular flexibility index (Phi) is 6.31. The summed E-state index contributed by atoms with van der Waals surface area (Å²) < 4.78 is 36.4. The van der Waals surface area contributed by atoms with Crippen molar-refractivity contribution in [2.75, 3.05) is 25.1 Å². The van der Waals surface area contributed by atoms with Crippen LogP contribution in [0.2, 0.25) is 5.02 Å². The molecule has 1 N–H and O–H groups in total. The number of phenolic OH excluding ortho intramolecular Hbond substituents is 1. The molecule has 7 nitrogen and oxygen atoms in total. The zero-order chi connectivity index (χ0) is 24.7. The summed E-state index contributed by atoms with van der Waals surface area (Å²) in [6.07, 6.45) is 2.44. The van der Waals surface area contributed by atoms with Gasteiger partial charge in [-0.3, -0.25) is 4.79 Å². The van der Waals surface area contributed by atoms with Gasteiger partial charge in [0.2, 0.25) is 5.91 Å². The normalized spacial score (nSPS) is 16.1. The molecule has 1 aliphatic heterocycles. The van der Waals surface area contributed by atoms with Gasteiger partial charge < -0.3 is 19.6 Å². The van der Waals surface area contributed by atoms with Crippen LogP contribution in [0.25, 0.3) is 22.0 Å². The third-order valence-corrected chi connectivity index (χ3v) is 6.42. The van der Waals surface area contributed by atoms with Crippen molar-refractivity contribution in [2.24, 2.45) is 0 Å². The largest absolute Gasteiger partial charge is 0.507 e. The highest BCUT2D eigenvalue weighted by Crippen LogP contribution is 2.49. The highest BCUT2D eigenvalue weighted by molar-refractivity contribution is 6.36. The highest BCUT2D eigenvalue weighted by Gasteiger charge is 2.33. The number of hydrogen-bond acceptors (Lipinski definition) is 6. The van der Waals surface area contributed by atoms with Gasteiger partial charge in [-0.15, -0.1) is 0 Å². The molecule has 0 bridgehead atoms. The molecule has 2 atom stereocenters. The number of carbonyl (C=O) groups excluding carboxylic acids is 1. The van der Waals surface area contributed by atoms with E-state index in [0.717, 1.165) is 6.07 Å². The van der Waals surface area contributed by atoms with E-state index in [-0.39, 0.29) is 57.4 Å². The Morgan fingerprint density at radius 1 is 1.41 bits per heavy atom. The monoisotopic (exact) mass is 488 g/mol. The molecule has 0 saturated heterocycles. The number of carbonyl (C=O) groups is 1. The summed E-state index contributed by atoms with van der Waals surface area (Å²) in [5.41, 5.74) is -0.834. The number of phenols is 1. The fourth-order valence-corrected chi connectivity index (χ4v) is 4.39. The SMILES string of the molecule is C=CC(=O)N(C)[C@H](C)CN1c2ncnc3c(F)c(-c4c(O)cccc4F)c(Cl)c(c23)OC[C@@H]1C. The number of anilines is 1. The van der Waals surface area contributed by atoms with Gasteiger partial charge in [-0.2, -0.15) is 0 Å². The zero-order valence-corrected chi connectivity index (χ0v) is 19.6. The molecule has 0 saturated carbocycles. The predicted molar refractivity (Wildman–Crippen MR) is 126 cm³/mol. The molecule has 0 aliphatic carbocycles. The van der Waals surface area contributed by atoms with Crippen molar-refractivity contribution < 1.29 is 23.4 Å². The lowest BCUT2D eigenvalue weighted by atomic mass is 10.00. The number of aromatic hydroxyl groups is 1. The van der Waals surface area contributed by atoms with E-state index in [4.69, 9.17) is 16.3 Å². The zero-order valence-electron chi connectivity index (χ0n) is 18.8. The Bertz CT molecular complexity index is 1280. The maximum absolute atomic E-state index is 15.8. The average Bonchev–Trinajstić information content (AvgIpc) is 2.95. The van der Waals surface area contributed by atoms with Crippen molar-refractivity contribution in [3.8, 4) is 22.6 Å². The van der Waals surface area contributed by atoms with Crippen molar-refractivity contribution in [3.05, 3.63) is 53.8 Å². The highest BCUT2D eigenvalue weighted by atomic mass is 35.5. The summed E-state index contributed by atoms with van der Waals surface area (Å²) in [6, 6.07) is 3.18. The molecule has 0 spiro atoms. The van der Waals surface area contributed by atoms with Gasteiger partial charge >= 0.3 is 0 Å². The van der Waals surface area contributed by atoms with Gasteiger partial charge in [0.05, 0.1) is 22.0 Å². The second-order valence-corrected chi connectivity index (χ2v) is 8.58. The number of amides is 1. The Labute approximate surface area is 200 Å². The minimum absolute atomic E-state index is 0.101. The van der Waals surface area contributed by atoms with Crippen LogP contribution in [0.3, 0.4) is 0 Å². The summed E-state index contributed by atoms with van der Waals surface area (Å²) in [7, 11) is 1.67. The van der Waals surface area contributed by atoms with E-state index >= 15 is 4.39 Å². The van der Waals surface area contributed by atoms with Crippen molar-refractivity contribution in [1.82, 2.24) is 14.9 Å². The number of halogens is 3. The standard InChI is InChI=1S/C24H23ClF2N4O3/c1-5-16(33)30(4)12(2)9-31-13(3)10-34-23-19-22(28-11-29-24(19)31)21(27)18(20(23)25)17-14(26)7-6-8-15(17)32/h5-8,11-13,32H,1,9-10H2,2-4H3/t12-,13+/m1/s1. The minimum Gasteiger partial charge on any atom is -0.507 e. The van der Waals surface area contributed by atoms with Crippen LogP contribution in [0.4, 0.5) is 14.6 Å². The summed E-state index contributed by atoms with van der Waals surface area (Å²) in [4.78, 5) is 24.0.